The number of carbonyl (C=O) groups excluding carboxylic acids is 1. The van der Waals surface area contributed by atoms with Gasteiger partial charge in [0.25, 0.3) is 11.6 Å². The second-order valence-corrected chi connectivity index (χ2v) is 8.87. The Labute approximate surface area is 208 Å². The third-order valence-corrected chi connectivity index (χ3v) is 6.11. The van der Waals surface area contributed by atoms with Crippen molar-refractivity contribution in [2.45, 2.75) is 26.0 Å². The number of phenols is 1. The molecule has 0 saturated heterocycles. The van der Waals surface area contributed by atoms with Crippen LogP contribution in [0.5, 0.6) is 23.0 Å². The van der Waals surface area contributed by atoms with E-state index in [0.717, 1.165) is 5.69 Å². The minimum absolute atomic E-state index is 0.0419. The van der Waals surface area contributed by atoms with Crippen molar-refractivity contribution >= 4 is 23.0 Å². The second-order valence-electron chi connectivity index (χ2n) is 8.87. The van der Waals surface area contributed by atoms with Crippen LogP contribution in [0.3, 0.4) is 0 Å². The molecule has 1 aliphatic rings. The minimum atomic E-state index is -0.819. The average molecular weight is 494 g/mol. The number of hydrogen-bond acceptors (Lipinski definition) is 8. The van der Waals surface area contributed by atoms with E-state index in [9.17, 15) is 20.0 Å². The summed E-state index contributed by atoms with van der Waals surface area (Å²) in [5, 5.41) is 24.6. The normalized spacial score (nSPS) is 14.0. The lowest BCUT2D eigenvalue weighted by molar-refractivity contribution is -0.385. The van der Waals surface area contributed by atoms with Crippen LogP contribution in [0.25, 0.3) is 11.1 Å². The van der Waals surface area contributed by atoms with Crippen LogP contribution in [-0.2, 0) is 11.4 Å². The molecule has 0 atom stereocenters. The Balaban J connectivity index is 1.89. The Bertz CT molecular complexity index is 1350. The SMILES string of the molecule is COc1ccc([N+](=O)[O-])cc1OCc1c(-c2ccc(O)cc2OC)ccc2c1N(C)C(=O)C(C)(C)N2. The first kappa shape index (κ1) is 24.6. The molecule has 188 valence electrons. The topological polar surface area (TPSA) is 123 Å². The van der Waals surface area contributed by atoms with Gasteiger partial charge in [-0.15, -0.1) is 0 Å². The molecule has 0 spiro atoms. The number of non-ortho nitro benzene ring substituents is 1. The van der Waals surface area contributed by atoms with Crippen LogP contribution in [-0.4, -0.2) is 42.7 Å². The number of phenolic OH excluding ortho intramolecular Hbond substituents is 1. The fraction of sp³-hybridized carbons (Fsp3) is 0.269. The predicted octanol–water partition coefficient (Wildman–Crippen LogP) is 4.73. The first-order chi connectivity index (χ1) is 17.1. The highest BCUT2D eigenvalue weighted by Crippen LogP contribution is 2.45. The van der Waals surface area contributed by atoms with E-state index in [1.54, 1.807) is 37.9 Å². The van der Waals surface area contributed by atoms with Gasteiger partial charge in [-0.3, -0.25) is 14.9 Å². The van der Waals surface area contributed by atoms with E-state index < -0.39 is 10.5 Å². The van der Waals surface area contributed by atoms with E-state index in [-0.39, 0.29) is 29.7 Å². The van der Waals surface area contributed by atoms with Gasteiger partial charge in [-0.1, -0.05) is 6.07 Å². The van der Waals surface area contributed by atoms with Crippen LogP contribution in [0.2, 0.25) is 0 Å². The number of benzene rings is 3. The van der Waals surface area contributed by atoms with Gasteiger partial charge in [0.2, 0.25) is 0 Å². The number of nitrogens with one attached hydrogen (secondary N) is 1. The van der Waals surface area contributed by atoms with Gasteiger partial charge in [0.05, 0.1) is 36.6 Å². The maximum absolute atomic E-state index is 13.1. The average Bonchev–Trinajstić information content (AvgIpc) is 2.85. The van der Waals surface area contributed by atoms with Crippen molar-refractivity contribution in [3.05, 3.63) is 64.2 Å². The predicted molar refractivity (Wildman–Crippen MR) is 135 cm³/mol. The first-order valence-corrected chi connectivity index (χ1v) is 11.1. The summed E-state index contributed by atoms with van der Waals surface area (Å²) in [6, 6.07) is 12.6. The van der Waals surface area contributed by atoms with Crippen molar-refractivity contribution in [3.8, 4) is 34.1 Å². The molecule has 0 aromatic heterocycles. The molecule has 36 heavy (non-hydrogen) atoms. The molecule has 0 saturated carbocycles. The largest absolute Gasteiger partial charge is 0.508 e. The van der Waals surface area contributed by atoms with E-state index in [1.807, 2.05) is 12.1 Å². The first-order valence-electron chi connectivity index (χ1n) is 11.1. The Morgan fingerprint density at radius 2 is 1.69 bits per heavy atom. The van der Waals surface area contributed by atoms with Crippen LogP contribution < -0.4 is 24.4 Å². The Morgan fingerprint density at radius 1 is 1.00 bits per heavy atom. The van der Waals surface area contributed by atoms with Crippen molar-refractivity contribution in [1.29, 1.82) is 0 Å². The zero-order valence-corrected chi connectivity index (χ0v) is 20.6. The van der Waals surface area contributed by atoms with Gasteiger partial charge in [0.15, 0.2) is 11.5 Å². The third-order valence-electron chi connectivity index (χ3n) is 6.11. The Kier molecular flexibility index (Phi) is 6.36. The zero-order chi connectivity index (χ0) is 26.2. The van der Waals surface area contributed by atoms with Crippen molar-refractivity contribution in [2.24, 2.45) is 0 Å². The van der Waals surface area contributed by atoms with Crippen molar-refractivity contribution in [3.63, 3.8) is 0 Å². The lowest BCUT2D eigenvalue weighted by Crippen LogP contribution is -2.52. The Morgan fingerprint density at radius 3 is 2.36 bits per heavy atom. The molecule has 1 heterocycles. The number of hydrogen-bond donors (Lipinski definition) is 2. The highest BCUT2D eigenvalue weighted by molar-refractivity contribution is 6.08. The molecule has 10 nitrogen and oxygen atoms in total. The molecular weight excluding hydrogens is 466 g/mol. The van der Waals surface area contributed by atoms with Gasteiger partial charge >= 0.3 is 0 Å². The quantitative estimate of drug-likeness (QED) is 0.358. The standard InChI is InChI=1S/C26H27N3O7/c1-26(2)25(31)28(3)24-19(14-36-23-12-15(29(32)33)6-11-21(23)34-4)17(9-10-20(24)27-26)18-8-7-16(30)13-22(18)35-5/h6-13,27,30H,14H2,1-5H3. The molecule has 4 rings (SSSR count). The fourth-order valence-corrected chi connectivity index (χ4v) is 4.37. The molecule has 1 aliphatic heterocycles. The minimum Gasteiger partial charge on any atom is -0.508 e. The highest BCUT2D eigenvalue weighted by Gasteiger charge is 2.38. The number of carbonyl (C=O) groups is 1. The van der Waals surface area contributed by atoms with Crippen LogP contribution in [0.4, 0.5) is 17.1 Å². The lowest BCUT2D eigenvalue weighted by atomic mass is 9.91. The summed E-state index contributed by atoms with van der Waals surface area (Å²) in [5.74, 6) is 0.855. The van der Waals surface area contributed by atoms with E-state index in [2.05, 4.69) is 5.32 Å². The summed E-state index contributed by atoms with van der Waals surface area (Å²) in [5.41, 5.74) is 2.40. The van der Waals surface area contributed by atoms with Gasteiger partial charge in [-0.25, -0.2) is 0 Å². The smallest absolute Gasteiger partial charge is 0.273 e. The number of amides is 1. The monoisotopic (exact) mass is 493 g/mol. The number of likely N-dealkylation sites (N-methyl/N-ethyl adjacent to an activating group) is 1. The maximum Gasteiger partial charge on any atom is 0.273 e. The lowest BCUT2D eigenvalue weighted by Gasteiger charge is -2.39. The molecule has 0 fully saturated rings. The number of nitrogens with zero attached hydrogens (tertiary/aromatic N) is 2. The number of nitro benzene ring substituents is 1. The molecule has 10 heteroatoms. The van der Waals surface area contributed by atoms with Crippen molar-refractivity contribution in [2.75, 3.05) is 31.5 Å². The molecule has 0 radical (unpaired) electrons. The van der Waals surface area contributed by atoms with E-state index in [0.29, 0.717) is 33.9 Å². The molecule has 3 aromatic carbocycles. The highest BCUT2D eigenvalue weighted by atomic mass is 16.6. The van der Waals surface area contributed by atoms with Gasteiger partial charge in [-0.2, -0.15) is 0 Å². The molecule has 0 bridgehead atoms. The number of methoxy groups -OCH3 is 2. The Hall–Kier alpha value is -4.47. The van der Waals surface area contributed by atoms with Gasteiger partial charge < -0.3 is 29.5 Å². The summed E-state index contributed by atoms with van der Waals surface area (Å²) in [4.78, 5) is 25.5. The number of rotatable bonds is 7. The summed E-state index contributed by atoms with van der Waals surface area (Å²) in [7, 11) is 4.64. The molecular formula is C26H27N3O7. The van der Waals surface area contributed by atoms with Gasteiger partial charge in [0, 0.05) is 30.3 Å². The van der Waals surface area contributed by atoms with Crippen molar-refractivity contribution < 1.29 is 29.0 Å². The van der Waals surface area contributed by atoms with E-state index in [1.165, 1.54) is 38.5 Å². The summed E-state index contributed by atoms with van der Waals surface area (Å²) in [6.07, 6.45) is 0. The summed E-state index contributed by atoms with van der Waals surface area (Å²) < 4.78 is 16.9. The third kappa shape index (κ3) is 4.33. The number of ether oxygens (including phenoxy) is 3. The number of nitro groups is 1. The van der Waals surface area contributed by atoms with Crippen LogP contribution >= 0.6 is 0 Å². The van der Waals surface area contributed by atoms with Gasteiger partial charge in [0.1, 0.15) is 23.6 Å². The summed E-state index contributed by atoms with van der Waals surface area (Å²) >= 11 is 0. The van der Waals surface area contributed by atoms with E-state index >= 15 is 0 Å². The number of aromatic hydroxyl groups is 1. The van der Waals surface area contributed by atoms with E-state index in [4.69, 9.17) is 14.2 Å². The molecule has 0 unspecified atom stereocenters. The van der Waals surface area contributed by atoms with Gasteiger partial charge in [-0.05, 0) is 43.7 Å². The zero-order valence-electron chi connectivity index (χ0n) is 20.6. The molecule has 2 N–H and O–H groups in total. The van der Waals surface area contributed by atoms with Crippen molar-refractivity contribution in [1.82, 2.24) is 0 Å². The second kappa shape index (κ2) is 9.29. The number of anilines is 2. The maximum atomic E-state index is 13.1. The fourth-order valence-electron chi connectivity index (χ4n) is 4.37. The molecule has 0 aliphatic carbocycles. The molecule has 1 amide bonds. The van der Waals surface area contributed by atoms with Crippen LogP contribution in [0.1, 0.15) is 19.4 Å². The molecule has 3 aromatic rings. The number of fused-ring (bicyclic) bond motifs is 1. The van der Waals surface area contributed by atoms with Crippen LogP contribution in [0.15, 0.2) is 48.5 Å². The van der Waals surface area contributed by atoms with Crippen LogP contribution in [0, 0.1) is 10.1 Å². The summed E-state index contributed by atoms with van der Waals surface area (Å²) in [6.45, 7) is 3.56.